The first-order valence-electron chi connectivity index (χ1n) is 11.3. The van der Waals surface area contributed by atoms with Crippen LogP contribution in [0.5, 0.6) is 0 Å². The molecule has 6 nitrogen and oxygen atoms in total. The smallest absolute Gasteiger partial charge is 0.243 e. The third-order valence-electron chi connectivity index (χ3n) is 6.74. The topological polar surface area (TPSA) is 61.9 Å². The van der Waals surface area contributed by atoms with Crippen molar-refractivity contribution in [2.24, 2.45) is 0 Å². The van der Waals surface area contributed by atoms with E-state index in [4.69, 9.17) is 4.84 Å². The van der Waals surface area contributed by atoms with Gasteiger partial charge in [0, 0.05) is 31.2 Å². The van der Waals surface area contributed by atoms with E-state index < -0.39 is 15.7 Å². The Bertz CT molecular complexity index is 1120. The van der Waals surface area contributed by atoms with Gasteiger partial charge in [-0.2, -0.15) is 4.31 Å². The van der Waals surface area contributed by atoms with Gasteiger partial charge in [0.1, 0.15) is 0 Å². The Hall–Kier alpha value is -2.35. The Morgan fingerprint density at radius 1 is 1.00 bits per heavy atom. The number of likely N-dealkylation sites (N-methyl/N-ethyl adjacent to an activating group) is 1. The summed E-state index contributed by atoms with van der Waals surface area (Å²) in [4.78, 5) is 8.72. The average Bonchev–Trinajstić information content (AvgIpc) is 3.31. The molecule has 2 aromatic carbocycles. The van der Waals surface area contributed by atoms with E-state index in [0.29, 0.717) is 18.0 Å². The molecule has 0 aromatic heterocycles. The molecule has 2 aliphatic heterocycles. The zero-order valence-corrected chi connectivity index (χ0v) is 20.4. The molecule has 0 aliphatic carbocycles. The lowest BCUT2D eigenvalue weighted by molar-refractivity contribution is -0.0678. The average molecular weight is 456 g/mol. The minimum atomic E-state index is -3.50. The number of nitrogens with one attached hydrogen (secondary N) is 1. The number of hydrogen-bond donors (Lipinski definition) is 1. The Labute approximate surface area is 191 Å². The van der Waals surface area contributed by atoms with E-state index >= 15 is 0 Å². The quantitative estimate of drug-likeness (QED) is 0.666. The molecule has 0 bridgehead atoms. The van der Waals surface area contributed by atoms with Crippen molar-refractivity contribution < 1.29 is 13.3 Å². The van der Waals surface area contributed by atoms with Gasteiger partial charge in [-0.1, -0.05) is 58.0 Å². The highest BCUT2D eigenvalue weighted by atomic mass is 32.2. The number of fused-ring (bicyclic) bond motifs is 1. The van der Waals surface area contributed by atoms with Crippen molar-refractivity contribution in [3.05, 3.63) is 65.7 Å². The highest BCUT2D eigenvalue weighted by Gasteiger charge is 2.58. The van der Waals surface area contributed by atoms with Crippen LogP contribution in [0, 0.1) is 0 Å². The number of hydroxylamine groups is 1. The maximum absolute atomic E-state index is 13.1. The Balaban J connectivity index is 1.65. The number of hydrogen-bond acceptors (Lipinski definition) is 5. The second-order valence-corrected chi connectivity index (χ2v) is 11.0. The van der Waals surface area contributed by atoms with E-state index in [0.717, 1.165) is 29.8 Å². The molecule has 0 amide bonds. The molecule has 0 saturated carbocycles. The van der Waals surface area contributed by atoms with Crippen molar-refractivity contribution in [3.8, 4) is 0 Å². The number of benzene rings is 2. The van der Waals surface area contributed by atoms with Crippen LogP contribution < -0.4 is 10.4 Å². The van der Waals surface area contributed by atoms with Crippen LogP contribution in [0.15, 0.2) is 59.5 Å². The van der Waals surface area contributed by atoms with Gasteiger partial charge in [0.15, 0.2) is 5.72 Å². The fraction of sp³-hybridized carbons (Fsp3) is 0.440. The van der Waals surface area contributed by atoms with Crippen LogP contribution in [0.2, 0.25) is 0 Å². The molecule has 0 radical (unpaired) electrons. The molecular formula is C25H33N3O3S. The largest absolute Gasteiger partial charge is 0.340 e. The maximum Gasteiger partial charge on any atom is 0.243 e. The van der Waals surface area contributed by atoms with Gasteiger partial charge >= 0.3 is 0 Å². The van der Waals surface area contributed by atoms with Crippen LogP contribution in [0.4, 0.5) is 5.69 Å². The third kappa shape index (κ3) is 3.34. The Kier molecular flexibility index (Phi) is 5.86. The number of sulfonamides is 1. The van der Waals surface area contributed by atoms with Gasteiger partial charge in [0.25, 0.3) is 0 Å². The van der Waals surface area contributed by atoms with E-state index in [1.165, 1.54) is 5.56 Å². The molecule has 0 unspecified atom stereocenters. The molecule has 172 valence electrons. The number of para-hydroxylation sites is 1. The van der Waals surface area contributed by atoms with E-state index in [9.17, 15) is 8.42 Å². The van der Waals surface area contributed by atoms with Gasteiger partial charge in [-0.15, -0.1) is 0 Å². The molecule has 0 saturated heterocycles. The van der Waals surface area contributed by atoms with Gasteiger partial charge in [-0.05, 0) is 48.2 Å². The van der Waals surface area contributed by atoms with E-state index in [1.54, 1.807) is 16.4 Å². The van der Waals surface area contributed by atoms with E-state index in [-0.39, 0.29) is 5.41 Å². The number of anilines is 1. The van der Waals surface area contributed by atoms with Gasteiger partial charge in [0.2, 0.25) is 10.0 Å². The van der Waals surface area contributed by atoms with Crippen LogP contribution in [-0.4, -0.2) is 38.6 Å². The van der Waals surface area contributed by atoms with Crippen LogP contribution >= 0.6 is 0 Å². The summed E-state index contributed by atoms with van der Waals surface area (Å²) in [6.07, 6.45) is 3.69. The summed E-state index contributed by atoms with van der Waals surface area (Å²) in [6, 6.07) is 15.4. The Morgan fingerprint density at radius 2 is 1.62 bits per heavy atom. The fourth-order valence-electron chi connectivity index (χ4n) is 4.90. The van der Waals surface area contributed by atoms with Gasteiger partial charge in [-0.3, -0.25) is 5.48 Å². The minimum absolute atomic E-state index is 0.281. The summed E-state index contributed by atoms with van der Waals surface area (Å²) in [7, 11) is -1.46. The normalized spacial score (nSPS) is 21.7. The second-order valence-electron chi connectivity index (χ2n) is 9.09. The molecule has 1 atom stereocenters. The molecule has 7 heteroatoms. The number of nitrogens with zero attached hydrogens (tertiary/aromatic N) is 2. The Morgan fingerprint density at radius 3 is 2.22 bits per heavy atom. The van der Waals surface area contributed by atoms with Crippen molar-refractivity contribution in [3.63, 3.8) is 0 Å². The lowest BCUT2D eigenvalue weighted by atomic mass is 9.77. The van der Waals surface area contributed by atoms with Crippen molar-refractivity contribution >= 4 is 21.4 Å². The van der Waals surface area contributed by atoms with Gasteiger partial charge < -0.3 is 4.90 Å². The first-order chi connectivity index (χ1) is 15.2. The zero-order valence-electron chi connectivity index (χ0n) is 19.6. The van der Waals surface area contributed by atoms with Crippen LogP contribution in [0.1, 0.15) is 51.7 Å². The van der Waals surface area contributed by atoms with Crippen molar-refractivity contribution in [1.29, 1.82) is 0 Å². The monoisotopic (exact) mass is 455 g/mol. The molecule has 0 fully saturated rings. The lowest BCUT2D eigenvalue weighted by Crippen LogP contribution is -2.54. The number of rotatable bonds is 7. The standard InChI is InChI=1S/C25H33N3O3S/c1-6-16-28(17-7-2)32(29,30)20-14-12-19(13-15-20)22-18-25(31-26-22)24(3,4)21-10-8-9-11-23(21)27(25)5/h8-15,18,26H,6-7,16-17H2,1-5H3/t25-/m0/s1. The van der Waals surface area contributed by atoms with Gasteiger partial charge in [-0.25, -0.2) is 13.3 Å². The highest BCUT2D eigenvalue weighted by Crippen LogP contribution is 2.54. The van der Waals surface area contributed by atoms with Crippen LogP contribution in [0.25, 0.3) is 5.70 Å². The second kappa shape index (κ2) is 8.21. The molecule has 4 rings (SSSR count). The predicted octanol–water partition coefficient (Wildman–Crippen LogP) is 4.50. The predicted molar refractivity (Wildman–Crippen MR) is 129 cm³/mol. The third-order valence-corrected chi connectivity index (χ3v) is 8.65. The van der Waals surface area contributed by atoms with Crippen molar-refractivity contribution in [2.45, 2.75) is 56.6 Å². The first-order valence-corrected chi connectivity index (χ1v) is 12.7. The summed E-state index contributed by atoms with van der Waals surface area (Å²) in [5.41, 5.74) is 6.25. The summed E-state index contributed by atoms with van der Waals surface area (Å²) < 4.78 is 27.7. The molecule has 2 heterocycles. The lowest BCUT2D eigenvalue weighted by Gasteiger charge is -2.39. The summed E-state index contributed by atoms with van der Waals surface area (Å²) in [5.74, 6) is 0. The molecular weight excluding hydrogens is 422 g/mol. The SMILES string of the molecule is CCCN(CCC)S(=O)(=O)c1ccc(C2=C[C@@]3(ON2)N(C)c2ccccc2C3(C)C)cc1. The van der Waals surface area contributed by atoms with E-state index in [2.05, 4.69) is 48.5 Å². The van der Waals surface area contributed by atoms with Crippen molar-refractivity contribution in [1.82, 2.24) is 9.79 Å². The minimum Gasteiger partial charge on any atom is -0.340 e. The first kappa shape index (κ1) is 22.8. The summed E-state index contributed by atoms with van der Waals surface area (Å²) >= 11 is 0. The summed E-state index contributed by atoms with van der Waals surface area (Å²) in [6.45, 7) is 9.42. The zero-order chi connectivity index (χ0) is 23.1. The molecule has 32 heavy (non-hydrogen) atoms. The highest BCUT2D eigenvalue weighted by molar-refractivity contribution is 7.89. The van der Waals surface area contributed by atoms with E-state index in [1.807, 2.05) is 39.1 Å². The maximum atomic E-state index is 13.1. The van der Waals surface area contributed by atoms with Gasteiger partial charge in [0.05, 0.1) is 10.6 Å². The molecule has 1 spiro atoms. The molecule has 2 aromatic rings. The van der Waals surface area contributed by atoms with Crippen LogP contribution in [-0.2, 0) is 20.3 Å². The van der Waals surface area contributed by atoms with Crippen LogP contribution in [0.3, 0.4) is 0 Å². The van der Waals surface area contributed by atoms with Crippen molar-refractivity contribution in [2.75, 3.05) is 25.0 Å². The molecule has 1 N–H and O–H groups in total. The molecule has 2 aliphatic rings. The fourth-order valence-corrected chi connectivity index (χ4v) is 6.52. The summed E-state index contributed by atoms with van der Waals surface area (Å²) in [5, 5.41) is 0.